The summed E-state index contributed by atoms with van der Waals surface area (Å²) in [5.74, 6) is -0.828. The fourth-order valence-electron chi connectivity index (χ4n) is 3.28. The molecule has 1 N–H and O–H groups in total. The average molecular weight is 409 g/mol. The molecular weight excluding hydrogens is 386 g/mol. The zero-order valence-corrected chi connectivity index (χ0v) is 16.7. The summed E-state index contributed by atoms with van der Waals surface area (Å²) in [6, 6.07) is 11.3. The highest BCUT2D eigenvalue weighted by atomic mass is 16.6. The summed E-state index contributed by atoms with van der Waals surface area (Å²) in [4.78, 5) is 37.0. The number of hydrogen-bond donors (Lipinski definition) is 1. The van der Waals surface area contributed by atoms with Gasteiger partial charge in [-0.15, -0.1) is 0 Å². The Hall–Kier alpha value is -3.68. The Morgan fingerprint density at radius 3 is 2.50 bits per heavy atom. The number of anilines is 2. The summed E-state index contributed by atoms with van der Waals surface area (Å²) >= 11 is 0. The first kappa shape index (κ1) is 21.0. The van der Waals surface area contributed by atoms with Crippen molar-refractivity contribution in [2.24, 2.45) is 0 Å². The fourth-order valence-corrected chi connectivity index (χ4v) is 3.28. The molecule has 2 aromatic carbocycles. The molecule has 0 aromatic heterocycles. The number of carbonyl (C=O) groups is 2. The molecule has 30 heavy (non-hydrogen) atoms. The fraction of sp³-hybridized carbons (Fsp3) is 0.273. The van der Waals surface area contributed by atoms with Crippen molar-refractivity contribution in [1.82, 2.24) is 0 Å². The molecule has 0 radical (unpaired) electrons. The Labute approximate surface area is 174 Å². The number of nitrogens with one attached hydrogen (secondary N) is 1. The van der Waals surface area contributed by atoms with Gasteiger partial charge in [0.1, 0.15) is 0 Å². The summed E-state index contributed by atoms with van der Waals surface area (Å²) in [7, 11) is 0. The summed E-state index contributed by atoms with van der Waals surface area (Å²) in [6.07, 6.45) is 5.01. The van der Waals surface area contributed by atoms with Gasteiger partial charge in [0.25, 0.3) is 11.6 Å². The lowest BCUT2D eigenvalue weighted by Crippen LogP contribution is -2.23. The van der Waals surface area contributed by atoms with E-state index in [4.69, 9.17) is 4.74 Å². The molecule has 0 saturated carbocycles. The molecule has 1 aliphatic heterocycles. The standard InChI is InChI=1S/C22H23N3O5/c1-2-30-21(26)12-7-16-5-8-17(9-6-16)23-22(27)19-15-18(25(28)29)10-11-20(19)24-13-3-4-14-24/h5-12,15H,2-4,13-14H2,1H3,(H,23,27)/b12-7+. The molecular formula is C22H23N3O5. The number of hydrogen-bond acceptors (Lipinski definition) is 6. The van der Waals surface area contributed by atoms with Gasteiger partial charge in [0.15, 0.2) is 0 Å². The zero-order chi connectivity index (χ0) is 21.5. The highest BCUT2D eigenvalue weighted by Crippen LogP contribution is 2.29. The molecule has 1 heterocycles. The largest absolute Gasteiger partial charge is 0.463 e. The smallest absolute Gasteiger partial charge is 0.330 e. The third kappa shape index (κ3) is 5.22. The number of nitro benzene ring substituents is 1. The molecule has 1 amide bonds. The molecule has 0 aliphatic carbocycles. The van der Waals surface area contributed by atoms with Gasteiger partial charge in [0, 0.05) is 37.0 Å². The van der Waals surface area contributed by atoms with Crippen LogP contribution < -0.4 is 10.2 Å². The van der Waals surface area contributed by atoms with E-state index in [-0.39, 0.29) is 11.3 Å². The highest BCUT2D eigenvalue weighted by Gasteiger charge is 2.22. The number of ether oxygens (including phenoxy) is 1. The zero-order valence-electron chi connectivity index (χ0n) is 16.7. The monoisotopic (exact) mass is 409 g/mol. The van der Waals surface area contributed by atoms with Crippen molar-refractivity contribution in [3.8, 4) is 0 Å². The van der Waals surface area contributed by atoms with Crippen LogP contribution in [0.15, 0.2) is 48.5 Å². The number of benzene rings is 2. The molecule has 8 nitrogen and oxygen atoms in total. The van der Waals surface area contributed by atoms with Crippen LogP contribution in [0.4, 0.5) is 17.1 Å². The lowest BCUT2D eigenvalue weighted by molar-refractivity contribution is -0.384. The van der Waals surface area contributed by atoms with Crippen molar-refractivity contribution in [2.75, 3.05) is 29.9 Å². The molecule has 1 fully saturated rings. The van der Waals surface area contributed by atoms with Gasteiger partial charge in [-0.25, -0.2) is 4.79 Å². The third-order valence-electron chi connectivity index (χ3n) is 4.75. The van der Waals surface area contributed by atoms with Crippen molar-refractivity contribution >= 4 is 35.0 Å². The molecule has 0 spiro atoms. The van der Waals surface area contributed by atoms with Gasteiger partial charge in [-0.05, 0) is 49.6 Å². The van der Waals surface area contributed by atoms with E-state index < -0.39 is 16.8 Å². The quantitative estimate of drug-likeness (QED) is 0.321. The van der Waals surface area contributed by atoms with Crippen molar-refractivity contribution in [3.63, 3.8) is 0 Å². The van der Waals surface area contributed by atoms with Crippen LogP contribution in [0.2, 0.25) is 0 Å². The van der Waals surface area contributed by atoms with Crippen LogP contribution in [-0.2, 0) is 9.53 Å². The third-order valence-corrected chi connectivity index (χ3v) is 4.75. The van der Waals surface area contributed by atoms with Crippen LogP contribution in [0, 0.1) is 10.1 Å². The Morgan fingerprint density at radius 2 is 1.87 bits per heavy atom. The SMILES string of the molecule is CCOC(=O)/C=C/c1ccc(NC(=O)c2cc([N+](=O)[O-])ccc2N2CCCC2)cc1. The molecule has 1 aliphatic rings. The summed E-state index contributed by atoms with van der Waals surface area (Å²) < 4.78 is 4.83. The number of rotatable bonds is 7. The second-order valence-electron chi connectivity index (χ2n) is 6.81. The van der Waals surface area contributed by atoms with Gasteiger partial charge in [0.05, 0.1) is 22.8 Å². The molecule has 8 heteroatoms. The van der Waals surface area contributed by atoms with E-state index in [1.165, 1.54) is 18.2 Å². The maximum atomic E-state index is 12.9. The second-order valence-corrected chi connectivity index (χ2v) is 6.81. The van der Waals surface area contributed by atoms with Crippen molar-refractivity contribution in [3.05, 3.63) is 69.8 Å². The molecule has 1 saturated heterocycles. The van der Waals surface area contributed by atoms with Crippen LogP contribution in [-0.4, -0.2) is 36.5 Å². The Balaban J connectivity index is 1.77. The van der Waals surface area contributed by atoms with E-state index in [1.807, 2.05) is 0 Å². The topological polar surface area (TPSA) is 102 Å². The minimum atomic E-state index is -0.505. The Kier molecular flexibility index (Phi) is 6.79. The number of amides is 1. The lowest BCUT2D eigenvalue weighted by Gasteiger charge is -2.21. The number of carbonyl (C=O) groups excluding carboxylic acids is 2. The Bertz CT molecular complexity index is 963. The van der Waals surface area contributed by atoms with Gasteiger partial charge in [-0.1, -0.05) is 12.1 Å². The summed E-state index contributed by atoms with van der Waals surface area (Å²) in [5, 5.41) is 14.0. The number of non-ortho nitro benzene ring substituents is 1. The lowest BCUT2D eigenvalue weighted by atomic mass is 10.1. The highest BCUT2D eigenvalue weighted by molar-refractivity contribution is 6.08. The number of nitro groups is 1. The van der Waals surface area contributed by atoms with Gasteiger partial charge < -0.3 is 15.0 Å². The first-order valence-corrected chi connectivity index (χ1v) is 9.77. The molecule has 2 aromatic rings. The summed E-state index contributed by atoms with van der Waals surface area (Å²) in [5.41, 5.74) is 2.17. The van der Waals surface area contributed by atoms with Gasteiger partial charge in [-0.2, -0.15) is 0 Å². The molecule has 156 valence electrons. The first-order chi connectivity index (χ1) is 14.5. The van der Waals surface area contributed by atoms with Crippen LogP contribution in [0.1, 0.15) is 35.7 Å². The van der Waals surface area contributed by atoms with Crippen molar-refractivity contribution < 1.29 is 19.2 Å². The second kappa shape index (κ2) is 9.69. The normalized spacial score (nSPS) is 13.4. The van der Waals surface area contributed by atoms with Gasteiger partial charge in [-0.3, -0.25) is 14.9 Å². The van der Waals surface area contributed by atoms with Crippen LogP contribution >= 0.6 is 0 Å². The summed E-state index contributed by atoms with van der Waals surface area (Å²) in [6.45, 7) is 3.68. The molecule has 3 rings (SSSR count). The van der Waals surface area contributed by atoms with E-state index in [2.05, 4.69) is 10.2 Å². The van der Waals surface area contributed by atoms with E-state index in [1.54, 1.807) is 43.3 Å². The van der Waals surface area contributed by atoms with Crippen LogP contribution in [0.3, 0.4) is 0 Å². The van der Waals surface area contributed by atoms with Crippen LogP contribution in [0.5, 0.6) is 0 Å². The maximum Gasteiger partial charge on any atom is 0.330 e. The van der Waals surface area contributed by atoms with Gasteiger partial charge in [0.2, 0.25) is 0 Å². The minimum Gasteiger partial charge on any atom is -0.463 e. The van der Waals surface area contributed by atoms with Crippen LogP contribution in [0.25, 0.3) is 6.08 Å². The predicted molar refractivity (Wildman–Crippen MR) is 115 cm³/mol. The number of nitrogens with zero attached hydrogens (tertiary/aromatic N) is 2. The minimum absolute atomic E-state index is 0.123. The van der Waals surface area contributed by atoms with Crippen molar-refractivity contribution in [1.29, 1.82) is 0 Å². The van der Waals surface area contributed by atoms with Gasteiger partial charge >= 0.3 is 5.97 Å². The van der Waals surface area contributed by atoms with E-state index >= 15 is 0 Å². The van der Waals surface area contributed by atoms with E-state index in [0.717, 1.165) is 31.5 Å². The molecule has 0 atom stereocenters. The van der Waals surface area contributed by atoms with E-state index in [9.17, 15) is 19.7 Å². The van der Waals surface area contributed by atoms with E-state index in [0.29, 0.717) is 18.0 Å². The molecule has 0 unspecified atom stereocenters. The Morgan fingerprint density at radius 1 is 1.17 bits per heavy atom. The molecule has 0 bridgehead atoms. The average Bonchev–Trinajstić information content (AvgIpc) is 3.27. The van der Waals surface area contributed by atoms with Crippen molar-refractivity contribution in [2.45, 2.75) is 19.8 Å². The first-order valence-electron chi connectivity index (χ1n) is 9.77. The predicted octanol–water partition coefficient (Wildman–Crippen LogP) is 4.02. The number of esters is 1. The maximum absolute atomic E-state index is 12.9.